The van der Waals surface area contributed by atoms with E-state index in [4.69, 9.17) is 0 Å². The molecule has 0 atom stereocenters. The lowest BCUT2D eigenvalue weighted by Gasteiger charge is -2.26. The van der Waals surface area contributed by atoms with Gasteiger partial charge in [0.15, 0.2) is 0 Å². The van der Waals surface area contributed by atoms with E-state index in [1.807, 2.05) is 18.1 Å². The highest BCUT2D eigenvalue weighted by atomic mass is 15.1. The van der Waals surface area contributed by atoms with Crippen LogP contribution in [0.4, 0.5) is 0 Å². The molecule has 0 bridgehead atoms. The lowest BCUT2D eigenvalue weighted by atomic mass is 9.92. The van der Waals surface area contributed by atoms with Crippen LogP contribution >= 0.6 is 0 Å². The summed E-state index contributed by atoms with van der Waals surface area (Å²) in [5.74, 6) is 0. The van der Waals surface area contributed by atoms with Crippen LogP contribution in [0.3, 0.4) is 0 Å². The zero-order chi connectivity index (χ0) is 9.35. The summed E-state index contributed by atoms with van der Waals surface area (Å²) < 4.78 is 0. The Hall–Kier alpha value is -1.05. The van der Waals surface area contributed by atoms with Crippen molar-refractivity contribution in [3.63, 3.8) is 0 Å². The number of rotatable bonds is 0. The van der Waals surface area contributed by atoms with Gasteiger partial charge in [-0.15, -0.1) is 0 Å². The quantitative estimate of drug-likeness (QED) is 0.537. The molecule has 0 spiro atoms. The molecule has 2 heteroatoms. The summed E-state index contributed by atoms with van der Waals surface area (Å²) in [6.07, 6.45) is 3.84. The molecule has 0 saturated heterocycles. The molecule has 0 fully saturated rings. The van der Waals surface area contributed by atoms with Crippen molar-refractivity contribution in [3.05, 3.63) is 24.2 Å². The van der Waals surface area contributed by atoms with Crippen molar-refractivity contribution in [2.24, 2.45) is 10.4 Å². The van der Waals surface area contributed by atoms with Crippen molar-refractivity contribution in [3.8, 4) is 0 Å². The molecule has 1 aliphatic heterocycles. The minimum atomic E-state index is 0.117. The van der Waals surface area contributed by atoms with E-state index in [0.29, 0.717) is 0 Å². The fraction of sp³-hybridized carbons (Fsp3) is 0.500. The van der Waals surface area contributed by atoms with Crippen molar-refractivity contribution in [1.29, 1.82) is 0 Å². The van der Waals surface area contributed by atoms with Gasteiger partial charge in [0, 0.05) is 18.7 Å². The molecule has 66 valence electrons. The summed E-state index contributed by atoms with van der Waals surface area (Å²) in [5.41, 5.74) is 2.14. The van der Waals surface area contributed by atoms with Gasteiger partial charge in [0.2, 0.25) is 0 Å². The van der Waals surface area contributed by atoms with Crippen LogP contribution in [0.5, 0.6) is 0 Å². The van der Waals surface area contributed by atoms with E-state index < -0.39 is 0 Å². The Morgan fingerprint density at radius 2 is 2.00 bits per heavy atom. The molecule has 0 aromatic carbocycles. The van der Waals surface area contributed by atoms with Gasteiger partial charge in [0.25, 0.3) is 0 Å². The van der Waals surface area contributed by atoms with Crippen molar-refractivity contribution < 1.29 is 0 Å². The summed E-state index contributed by atoms with van der Waals surface area (Å²) in [6, 6.07) is 0. The second-order valence-electron chi connectivity index (χ2n) is 4.12. The summed E-state index contributed by atoms with van der Waals surface area (Å²) in [6.45, 7) is 10.3. The first-order valence-corrected chi connectivity index (χ1v) is 4.09. The average Bonchev–Trinajstić information content (AvgIpc) is 1.92. The topological polar surface area (TPSA) is 15.6 Å². The van der Waals surface area contributed by atoms with Crippen LogP contribution in [0, 0.1) is 5.41 Å². The Morgan fingerprint density at radius 1 is 1.42 bits per heavy atom. The lowest BCUT2D eigenvalue weighted by Crippen LogP contribution is -2.20. The molecule has 12 heavy (non-hydrogen) atoms. The van der Waals surface area contributed by atoms with Crippen LogP contribution in [0.2, 0.25) is 0 Å². The molecular weight excluding hydrogens is 148 g/mol. The smallest absolute Gasteiger partial charge is 0.0619 e. The van der Waals surface area contributed by atoms with Crippen LogP contribution in [-0.4, -0.2) is 18.2 Å². The number of allylic oxidation sites excluding steroid dienone is 2. The van der Waals surface area contributed by atoms with Crippen LogP contribution in [-0.2, 0) is 0 Å². The molecule has 0 aromatic heterocycles. The predicted octanol–water partition coefficient (Wildman–Crippen LogP) is 2.40. The number of nitrogens with zero attached hydrogens (tertiary/aromatic N) is 2. The van der Waals surface area contributed by atoms with Gasteiger partial charge < -0.3 is 4.90 Å². The number of aliphatic imine (C=N–C) groups is 1. The first-order chi connectivity index (χ1) is 5.41. The minimum Gasteiger partial charge on any atom is -0.348 e. The summed E-state index contributed by atoms with van der Waals surface area (Å²) in [5, 5.41) is 0. The Bertz CT molecular complexity index is 254. The molecule has 0 aromatic rings. The molecule has 0 saturated carbocycles. The van der Waals surface area contributed by atoms with Gasteiger partial charge in [-0.25, -0.2) is 0 Å². The second-order valence-corrected chi connectivity index (χ2v) is 4.12. The maximum absolute atomic E-state index is 4.33. The van der Waals surface area contributed by atoms with E-state index in [1.165, 1.54) is 0 Å². The predicted molar refractivity (Wildman–Crippen MR) is 52.9 cm³/mol. The van der Waals surface area contributed by atoms with E-state index in [2.05, 4.69) is 32.3 Å². The third kappa shape index (κ3) is 1.76. The third-order valence-electron chi connectivity index (χ3n) is 1.89. The van der Waals surface area contributed by atoms with Crippen molar-refractivity contribution in [2.45, 2.75) is 20.8 Å². The van der Waals surface area contributed by atoms with E-state index in [9.17, 15) is 0 Å². The molecule has 0 unspecified atom stereocenters. The zero-order valence-electron chi connectivity index (χ0n) is 8.26. The van der Waals surface area contributed by atoms with Crippen molar-refractivity contribution in [2.75, 3.05) is 7.05 Å². The van der Waals surface area contributed by atoms with Crippen molar-refractivity contribution in [1.82, 2.24) is 4.90 Å². The molecular formula is C10H16N2. The molecule has 1 heterocycles. The van der Waals surface area contributed by atoms with E-state index >= 15 is 0 Å². The Balaban J connectivity index is 2.91. The van der Waals surface area contributed by atoms with Gasteiger partial charge in [-0.1, -0.05) is 27.4 Å². The molecule has 0 aliphatic carbocycles. The molecule has 0 N–H and O–H groups in total. The highest BCUT2D eigenvalue weighted by Gasteiger charge is 2.19. The summed E-state index contributed by atoms with van der Waals surface area (Å²) in [7, 11) is 1.99. The van der Waals surface area contributed by atoms with E-state index in [-0.39, 0.29) is 5.41 Å². The van der Waals surface area contributed by atoms with Gasteiger partial charge in [-0.2, -0.15) is 0 Å². The third-order valence-corrected chi connectivity index (χ3v) is 1.89. The second kappa shape index (κ2) is 2.77. The Labute approximate surface area is 74.3 Å². The van der Waals surface area contributed by atoms with Crippen molar-refractivity contribution >= 4 is 6.21 Å². The van der Waals surface area contributed by atoms with Gasteiger partial charge in [-0.3, -0.25) is 4.99 Å². The molecule has 1 aliphatic rings. The normalized spacial score (nSPS) is 18.2. The van der Waals surface area contributed by atoms with Gasteiger partial charge in [0.05, 0.1) is 17.6 Å². The Kier molecular flexibility index (Phi) is 2.09. The standard InChI is InChI=1S/C10H16N2/c1-8-6-11-9(7-12(8)5)10(2,3)4/h6-7H,1H2,2-5H3. The van der Waals surface area contributed by atoms with Crippen LogP contribution in [0.25, 0.3) is 0 Å². The van der Waals surface area contributed by atoms with Crippen LogP contribution in [0.1, 0.15) is 20.8 Å². The number of hydrogen-bond donors (Lipinski definition) is 0. The fourth-order valence-corrected chi connectivity index (χ4v) is 0.922. The molecule has 0 amide bonds. The largest absolute Gasteiger partial charge is 0.348 e. The highest BCUT2D eigenvalue weighted by molar-refractivity contribution is 5.79. The molecule has 0 radical (unpaired) electrons. The van der Waals surface area contributed by atoms with E-state index in [1.54, 1.807) is 6.21 Å². The summed E-state index contributed by atoms with van der Waals surface area (Å²) >= 11 is 0. The monoisotopic (exact) mass is 164 g/mol. The zero-order valence-corrected chi connectivity index (χ0v) is 8.26. The average molecular weight is 164 g/mol. The first-order valence-electron chi connectivity index (χ1n) is 4.09. The maximum Gasteiger partial charge on any atom is 0.0619 e. The lowest BCUT2D eigenvalue weighted by molar-refractivity contribution is 0.469. The Morgan fingerprint density at radius 3 is 2.42 bits per heavy atom. The summed E-state index contributed by atoms with van der Waals surface area (Å²) in [4.78, 5) is 6.32. The van der Waals surface area contributed by atoms with E-state index in [0.717, 1.165) is 11.4 Å². The van der Waals surface area contributed by atoms with Gasteiger partial charge >= 0.3 is 0 Å². The first kappa shape index (κ1) is 9.04. The van der Waals surface area contributed by atoms with Crippen LogP contribution in [0.15, 0.2) is 29.2 Å². The van der Waals surface area contributed by atoms with Gasteiger partial charge in [0.1, 0.15) is 0 Å². The SMILES string of the molecule is C=C1C=NC(C(C)(C)C)=CN1C. The molecule has 2 nitrogen and oxygen atoms in total. The minimum absolute atomic E-state index is 0.117. The van der Waals surface area contributed by atoms with Crippen LogP contribution < -0.4 is 0 Å². The fourth-order valence-electron chi connectivity index (χ4n) is 0.922. The molecule has 1 rings (SSSR count). The number of hydrogen-bond acceptors (Lipinski definition) is 2. The van der Waals surface area contributed by atoms with Gasteiger partial charge in [-0.05, 0) is 0 Å². The maximum atomic E-state index is 4.33. The highest BCUT2D eigenvalue weighted by Crippen LogP contribution is 2.28.